The van der Waals surface area contributed by atoms with Crippen LogP contribution in [-0.4, -0.2) is 13.0 Å². The minimum atomic E-state index is -3.56. The van der Waals surface area contributed by atoms with E-state index in [9.17, 15) is 8.42 Å². The summed E-state index contributed by atoms with van der Waals surface area (Å²) < 4.78 is 27.1. The highest BCUT2D eigenvalue weighted by molar-refractivity contribution is 8.00. The summed E-state index contributed by atoms with van der Waals surface area (Å²) in [7, 11) is -1.60. The Hall–Kier alpha value is -2.33. The maximum absolute atomic E-state index is 12.6. The van der Waals surface area contributed by atoms with Gasteiger partial charge in [-0.25, -0.2) is 8.42 Å². The maximum atomic E-state index is 12.6. The number of hydrogen-bond acceptors (Lipinski definition) is 2. The zero-order chi connectivity index (χ0) is 15.0. The third-order valence-electron chi connectivity index (χ3n) is 3.59. The molecule has 0 fully saturated rings. The van der Waals surface area contributed by atoms with Gasteiger partial charge in [-0.2, -0.15) is 0 Å². The van der Waals surface area contributed by atoms with Crippen LogP contribution in [0.25, 0.3) is 15.8 Å². The van der Waals surface area contributed by atoms with Gasteiger partial charge in [0.05, 0.1) is 9.80 Å². The standard InChI is InChI=1S/C17H15NO2S/c1-13(21(19,20)16-6-4-3-5-7-16)14-8-9-17-15(12-14)10-11-18(17)2/h3-12H,1H2,2H3. The van der Waals surface area contributed by atoms with Crippen molar-refractivity contribution >= 4 is 25.6 Å². The largest absolute Gasteiger partial charge is 0.351 e. The van der Waals surface area contributed by atoms with E-state index in [1.807, 2.05) is 36.0 Å². The molecule has 3 nitrogen and oxygen atoms in total. The number of nitrogens with zero attached hydrogens (tertiary/aromatic N) is 1. The number of benzene rings is 2. The lowest BCUT2D eigenvalue weighted by atomic mass is 10.1. The fourth-order valence-electron chi connectivity index (χ4n) is 2.35. The summed E-state index contributed by atoms with van der Waals surface area (Å²) in [6.45, 7) is 3.79. The lowest BCUT2D eigenvalue weighted by Gasteiger charge is -2.08. The molecule has 1 aromatic heterocycles. The molecule has 4 heteroatoms. The average Bonchev–Trinajstić information content (AvgIpc) is 2.88. The molecule has 0 bridgehead atoms. The number of rotatable bonds is 3. The molecule has 0 aliphatic carbocycles. The molecular weight excluding hydrogens is 282 g/mol. The topological polar surface area (TPSA) is 39.1 Å². The molecule has 1 heterocycles. The predicted octanol–water partition coefficient (Wildman–Crippen LogP) is 3.62. The SMILES string of the molecule is C=C(c1ccc2c(ccn2C)c1)S(=O)(=O)c1ccccc1. The fraction of sp³-hybridized carbons (Fsp3) is 0.0588. The van der Waals surface area contributed by atoms with Crippen LogP contribution in [-0.2, 0) is 16.9 Å². The van der Waals surface area contributed by atoms with Gasteiger partial charge in [0.25, 0.3) is 0 Å². The van der Waals surface area contributed by atoms with Crippen LogP contribution in [0.1, 0.15) is 5.56 Å². The van der Waals surface area contributed by atoms with Crippen LogP contribution in [0.4, 0.5) is 0 Å². The monoisotopic (exact) mass is 297 g/mol. The van der Waals surface area contributed by atoms with E-state index in [0.717, 1.165) is 10.9 Å². The van der Waals surface area contributed by atoms with Gasteiger partial charge >= 0.3 is 0 Å². The maximum Gasteiger partial charge on any atom is 0.206 e. The molecule has 3 rings (SSSR count). The van der Waals surface area contributed by atoms with Crippen molar-refractivity contribution < 1.29 is 8.42 Å². The highest BCUT2D eigenvalue weighted by atomic mass is 32.2. The van der Waals surface area contributed by atoms with Crippen LogP contribution in [0.3, 0.4) is 0 Å². The lowest BCUT2D eigenvalue weighted by molar-refractivity contribution is 0.606. The van der Waals surface area contributed by atoms with Crippen LogP contribution in [0.15, 0.2) is 72.3 Å². The number of hydrogen-bond donors (Lipinski definition) is 0. The highest BCUT2D eigenvalue weighted by Gasteiger charge is 2.20. The van der Waals surface area contributed by atoms with Crippen molar-refractivity contribution in [2.45, 2.75) is 4.90 Å². The Labute approximate surface area is 124 Å². The molecule has 106 valence electrons. The first-order valence-electron chi connectivity index (χ1n) is 6.54. The van der Waals surface area contributed by atoms with Gasteiger partial charge in [0.15, 0.2) is 0 Å². The van der Waals surface area contributed by atoms with E-state index in [2.05, 4.69) is 6.58 Å². The number of sulfone groups is 1. The highest BCUT2D eigenvalue weighted by Crippen LogP contribution is 2.28. The summed E-state index contributed by atoms with van der Waals surface area (Å²) >= 11 is 0. The third-order valence-corrected chi connectivity index (χ3v) is 5.36. The molecule has 0 saturated carbocycles. The molecular formula is C17H15NO2S. The van der Waals surface area contributed by atoms with E-state index in [4.69, 9.17) is 0 Å². The first kappa shape index (κ1) is 13.6. The molecule has 0 aliphatic heterocycles. The molecule has 0 amide bonds. The second kappa shape index (κ2) is 4.90. The Morgan fingerprint density at radius 1 is 1.05 bits per heavy atom. The third kappa shape index (κ3) is 2.28. The average molecular weight is 297 g/mol. The normalized spacial score (nSPS) is 11.7. The van der Waals surface area contributed by atoms with E-state index in [-0.39, 0.29) is 9.80 Å². The van der Waals surface area contributed by atoms with E-state index < -0.39 is 9.84 Å². The van der Waals surface area contributed by atoms with Gasteiger partial charge in [-0.3, -0.25) is 0 Å². The molecule has 0 aliphatic rings. The Morgan fingerprint density at radius 2 is 1.76 bits per heavy atom. The molecule has 0 radical (unpaired) electrons. The second-order valence-electron chi connectivity index (χ2n) is 4.94. The van der Waals surface area contributed by atoms with E-state index >= 15 is 0 Å². The minimum Gasteiger partial charge on any atom is -0.351 e. The Kier molecular flexibility index (Phi) is 3.18. The Morgan fingerprint density at radius 3 is 2.48 bits per heavy atom. The summed E-state index contributed by atoms with van der Waals surface area (Å²) in [5.41, 5.74) is 1.68. The zero-order valence-electron chi connectivity index (χ0n) is 11.7. The first-order chi connectivity index (χ1) is 10.00. The number of aryl methyl sites for hydroxylation is 1. The molecule has 0 saturated heterocycles. The van der Waals surface area contributed by atoms with Crippen molar-refractivity contribution in [1.29, 1.82) is 0 Å². The molecule has 3 aromatic rings. The van der Waals surface area contributed by atoms with E-state index in [1.54, 1.807) is 36.4 Å². The molecule has 2 aromatic carbocycles. The first-order valence-corrected chi connectivity index (χ1v) is 8.03. The summed E-state index contributed by atoms with van der Waals surface area (Å²) in [6.07, 6.45) is 1.95. The Balaban J connectivity index is 2.08. The van der Waals surface area contributed by atoms with Crippen LogP contribution < -0.4 is 0 Å². The Bertz CT molecular complexity index is 922. The second-order valence-corrected chi connectivity index (χ2v) is 6.91. The summed E-state index contributed by atoms with van der Waals surface area (Å²) in [5, 5.41) is 0.999. The number of aromatic nitrogens is 1. The summed E-state index contributed by atoms with van der Waals surface area (Å²) in [6, 6.07) is 15.9. The van der Waals surface area contributed by atoms with Gasteiger partial charge in [-0.1, -0.05) is 30.8 Å². The lowest BCUT2D eigenvalue weighted by Crippen LogP contribution is -2.03. The molecule has 0 unspecified atom stereocenters. The van der Waals surface area contributed by atoms with Gasteiger partial charge in [-0.15, -0.1) is 0 Å². The van der Waals surface area contributed by atoms with Gasteiger partial charge in [-0.05, 0) is 35.9 Å². The van der Waals surface area contributed by atoms with Crippen molar-refractivity contribution in [2.24, 2.45) is 7.05 Å². The van der Waals surface area contributed by atoms with E-state index in [0.29, 0.717) is 5.56 Å². The van der Waals surface area contributed by atoms with Crippen LogP contribution in [0.2, 0.25) is 0 Å². The van der Waals surface area contributed by atoms with Gasteiger partial charge in [0.1, 0.15) is 0 Å². The van der Waals surface area contributed by atoms with Crippen LogP contribution >= 0.6 is 0 Å². The van der Waals surface area contributed by atoms with Crippen LogP contribution in [0.5, 0.6) is 0 Å². The van der Waals surface area contributed by atoms with E-state index in [1.165, 1.54) is 0 Å². The minimum absolute atomic E-state index is 0.124. The summed E-state index contributed by atoms with van der Waals surface area (Å²) in [5.74, 6) is 0. The van der Waals surface area contributed by atoms with Crippen molar-refractivity contribution in [3.8, 4) is 0 Å². The predicted molar refractivity (Wildman–Crippen MR) is 85.6 cm³/mol. The molecule has 21 heavy (non-hydrogen) atoms. The smallest absolute Gasteiger partial charge is 0.206 e. The van der Waals surface area contributed by atoms with Gasteiger partial charge in [0, 0.05) is 24.1 Å². The van der Waals surface area contributed by atoms with Crippen molar-refractivity contribution in [3.63, 3.8) is 0 Å². The number of fused-ring (bicyclic) bond motifs is 1. The zero-order valence-corrected chi connectivity index (χ0v) is 12.5. The fourth-order valence-corrected chi connectivity index (χ4v) is 3.59. The van der Waals surface area contributed by atoms with Crippen molar-refractivity contribution in [2.75, 3.05) is 0 Å². The quantitative estimate of drug-likeness (QED) is 0.740. The molecule has 0 N–H and O–H groups in total. The van der Waals surface area contributed by atoms with Crippen LogP contribution in [0, 0.1) is 0 Å². The molecule has 0 spiro atoms. The van der Waals surface area contributed by atoms with Crippen molar-refractivity contribution in [1.82, 2.24) is 4.57 Å². The summed E-state index contributed by atoms with van der Waals surface area (Å²) in [4.78, 5) is 0.391. The van der Waals surface area contributed by atoms with Gasteiger partial charge < -0.3 is 4.57 Å². The molecule has 0 atom stereocenters. The van der Waals surface area contributed by atoms with Crippen molar-refractivity contribution in [3.05, 3.63) is 72.9 Å². The van der Waals surface area contributed by atoms with Gasteiger partial charge in [0.2, 0.25) is 9.84 Å².